The molecule has 5 N–H and O–H groups in total. The predicted molar refractivity (Wildman–Crippen MR) is 124 cm³/mol. The summed E-state index contributed by atoms with van der Waals surface area (Å²) in [4.78, 5) is 31.1. The summed E-state index contributed by atoms with van der Waals surface area (Å²) >= 11 is 6.03. The van der Waals surface area contributed by atoms with Crippen LogP contribution >= 0.6 is 11.6 Å². The fourth-order valence-electron chi connectivity index (χ4n) is 4.04. The van der Waals surface area contributed by atoms with Crippen LogP contribution in [0.5, 0.6) is 5.88 Å². The number of nitrogen functional groups attached to an aromatic ring is 1. The van der Waals surface area contributed by atoms with Crippen LogP contribution in [0.1, 0.15) is 23.2 Å². The Labute approximate surface area is 198 Å². The van der Waals surface area contributed by atoms with Gasteiger partial charge < -0.3 is 35.9 Å². The molecule has 0 radical (unpaired) electrons. The van der Waals surface area contributed by atoms with Crippen LogP contribution in [-0.4, -0.2) is 100 Å². The first-order chi connectivity index (χ1) is 15.9. The smallest absolute Gasteiger partial charge is 0.320 e. The van der Waals surface area contributed by atoms with Gasteiger partial charge in [0.15, 0.2) is 0 Å². The van der Waals surface area contributed by atoms with E-state index >= 15 is 0 Å². The van der Waals surface area contributed by atoms with Crippen LogP contribution in [0.3, 0.4) is 0 Å². The zero-order chi connectivity index (χ0) is 23.8. The second kappa shape index (κ2) is 12.3. The fraction of sp³-hybridized carbons (Fsp3) is 0.667. The molecule has 11 nitrogen and oxygen atoms in total. The minimum Gasteiger partial charge on any atom is -0.480 e. The van der Waals surface area contributed by atoms with Crippen LogP contribution in [-0.2, 0) is 14.3 Å². The fourth-order valence-corrected chi connectivity index (χ4v) is 4.19. The number of piperidine rings is 1. The first-order valence-electron chi connectivity index (χ1n) is 11.1. The second-order valence-corrected chi connectivity index (χ2v) is 8.56. The molecule has 0 bridgehead atoms. The molecule has 33 heavy (non-hydrogen) atoms. The Balaban J connectivity index is 1.47. The highest BCUT2D eigenvalue weighted by atomic mass is 35.5. The number of methoxy groups -OCH3 is 2. The Bertz CT molecular complexity index is 823. The molecule has 3 rings (SSSR count). The van der Waals surface area contributed by atoms with E-state index in [-0.39, 0.29) is 52.9 Å². The summed E-state index contributed by atoms with van der Waals surface area (Å²) in [6.07, 6.45) is 1.09. The van der Waals surface area contributed by atoms with Crippen LogP contribution in [0, 0.1) is 0 Å². The van der Waals surface area contributed by atoms with Crippen LogP contribution in [0.25, 0.3) is 0 Å². The number of halogens is 1. The summed E-state index contributed by atoms with van der Waals surface area (Å²) in [5.74, 6) is -0.454. The SMILES string of the molecule is COc1nc(N)c(Cl)cc1C(=O)NC1CCN(CC(=O)OCCC2CNCCN2)CC1OC. The Morgan fingerprint density at radius 2 is 2.18 bits per heavy atom. The van der Waals surface area contributed by atoms with Crippen molar-refractivity contribution in [3.05, 3.63) is 16.7 Å². The largest absolute Gasteiger partial charge is 0.480 e. The number of esters is 1. The van der Waals surface area contributed by atoms with Gasteiger partial charge in [-0.1, -0.05) is 11.6 Å². The number of hydrogen-bond acceptors (Lipinski definition) is 10. The van der Waals surface area contributed by atoms with E-state index < -0.39 is 0 Å². The third-order valence-electron chi connectivity index (χ3n) is 5.88. The van der Waals surface area contributed by atoms with Crippen LogP contribution in [0.2, 0.25) is 5.02 Å². The number of piperazine rings is 1. The average molecular weight is 485 g/mol. The number of amides is 1. The maximum absolute atomic E-state index is 12.8. The lowest BCUT2D eigenvalue weighted by Gasteiger charge is -2.37. The van der Waals surface area contributed by atoms with Crippen LogP contribution in [0.15, 0.2) is 6.07 Å². The van der Waals surface area contributed by atoms with Gasteiger partial charge >= 0.3 is 5.97 Å². The molecule has 1 amide bonds. The van der Waals surface area contributed by atoms with E-state index in [0.717, 1.165) is 26.1 Å². The standard InChI is InChI=1S/C21H33ClN6O5/c1-31-17-11-28(12-18(29)33-8-4-13-10-24-5-6-25-13)7-3-16(17)26-20(30)14-9-15(22)19(23)27-21(14)32-2/h9,13,16-17,24-25H,3-8,10-12H2,1-2H3,(H2,23,27)(H,26,30). The maximum atomic E-state index is 12.8. The van der Waals surface area contributed by atoms with Gasteiger partial charge in [-0.3, -0.25) is 14.5 Å². The number of pyridine rings is 1. The summed E-state index contributed by atoms with van der Waals surface area (Å²) < 4.78 is 16.2. The van der Waals surface area contributed by atoms with Gasteiger partial charge in [-0.15, -0.1) is 0 Å². The molecule has 12 heteroatoms. The second-order valence-electron chi connectivity index (χ2n) is 8.15. The molecule has 2 aliphatic heterocycles. The zero-order valence-corrected chi connectivity index (χ0v) is 19.8. The highest BCUT2D eigenvalue weighted by Gasteiger charge is 2.32. The molecular formula is C21H33ClN6O5. The monoisotopic (exact) mass is 484 g/mol. The minimum atomic E-state index is -0.382. The van der Waals surface area contributed by atoms with Crippen molar-refractivity contribution in [3.8, 4) is 5.88 Å². The molecule has 3 heterocycles. The molecule has 0 saturated carbocycles. The normalized spacial score (nSPS) is 23.7. The van der Waals surface area contributed by atoms with E-state index in [9.17, 15) is 9.59 Å². The van der Waals surface area contributed by atoms with Gasteiger partial charge in [-0.05, 0) is 18.9 Å². The van der Waals surface area contributed by atoms with E-state index in [1.165, 1.54) is 13.2 Å². The van der Waals surface area contributed by atoms with Crippen molar-refractivity contribution in [2.24, 2.45) is 0 Å². The Kier molecular flexibility index (Phi) is 9.51. The van der Waals surface area contributed by atoms with Gasteiger partial charge in [0.25, 0.3) is 5.91 Å². The number of likely N-dealkylation sites (tertiary alicyclic amines) is 1. The molecule has 1 aromatic rings. The van der Waals surface area contributed by atoms with E-state index in [0.29, 0.717) is 32.2 Å². The first kappa shape index (κ1) is 25.4. The summed E-state index contributed by atoms with van der Waals surface area (Å²) in [7, 11) is 2.99. The van der Waals surface area contributed by atoms with Gasteiger partial charge in [-0.2, -0.15) is 4.98 Å². The number of carbonyl (C=O) groups is 2. The quantitative estimate of drug-likeness (QED) is 0.343. The lowest BCUT2D eigenvalue weighted by Crippen LogP contribution is -2.55. The zero-order valence-electron chi connectivity index (χ0n) is 19.1. The molecule has 2 aliphatic rings. The molecule has 0 aromatic carbocycles. The minimum absolute atomic E-state index is 0.0895. The van der Waals surface area contributed by atoms with E-state index in [1.54, 1.807) is 7.11 Å². The highest BCUT2D eigenvalue weighted by Crippen LogP contribution is 2.25. The number of aromatic nitrogens is 1. The molecule has 1 aromatic heterocycles. The van der Waals surface area contributed by atoms with Gasteiger partial charge in [0.1, 0.15) is 11.4 Å². The number of nitrogens with zero attached hydrogens (tertiary/aromatic N) is 2. The van der Waals surface area contributed by atoms with Crippen molar-refractivity contribution in [1.82, 2.24) is 25.8 Å². The number of ether oxygens (including phenoxy) is 3. The third kappa shape index (κ3) is 7.15. The van der Waals surface area contributed by atoms with Crippen LogP contribution < -0.4 is 26.4 Å². The molecule has 0 spiro atoms. The lowest BCUT2D eigenvalue weighted by atomic mass is 10.0. The summed E-state index contributed by atoms with van der Waals surface area (Å²) in [6, 6.07) is 1.51. The van der Waals surface area contributed by atoms with Gasteiger partial charge in [-0.25, -0.2) is 0 Å². The van der Waals surface area contributed by atoms with Crippen molar-refractivity contribution >= 4 is 29.3 Å². The van der Waals surface area contributed by atoms with Crippen molar-refractivity contribution < 1.29 is 23.8 Å². The molecular weight excluding hydrogens is 452 g/mol. The molecule has 3 unspecified atom stereocenters. The first-order valence-corrected chi connectivity index (χ1v) is 11.4. The van der Waals surface area contributed by atoms with E-state index in [2.05, 4.69) is 20.9 Å². The number of anilines is 1. The molecule has 184 valence electrons. The Morgan fingerprint density at radius 3 is 2.88 bits per heavy atom. The van der Waals surface area contributed by atoms with Crippen molar-refractivity contribution in [2.75, 3.05) is 65.8 Å². The average Bonchev–Trinajstić information content (AvgIpc) is 2.82. The molecule has 3 atom stereocenters. The number of rotatable bonds is 9. The summed E-state index contributed by atoms with van der Waals surface area (Å²) in [5, 5.41) is 9.84. The Morgan fingerprint density at radius 1 is 1.36 bits per heavy atom. The number of hydrogen-bond donors (Lipinski definition) is 4. The van der Waals surface area contributed by atoms with Gasteiger partial charge in [0.05, 0.1) is 37.4 Å². The lowest BCUT2D eigenvalue weighted by molar-refractivity contribution is -0.146. The van der Waals surface area contributed by atoms with Crippen molar-refractivity contribution in [2.45, 2.75) is 31.0 Å². The van der Waals surface area contributed by atoms with Crippen molar-refractivity contribution in [3.63, 3.8) is 0 Å². The van der Waals surface area contributed by atoms with Gasteiger partial charge in [0, 0.05) is 45.9 Å². The topological polar surface area (TPSA) is 140 Å². The predicted octanol–water partition coefficient (Wildman–Crippen LogP) is -0.360. The maximum Gasteiger partial charge on any atom is 0.320 e. The molecule has 0 aliphatic carbocycles. The highest BCUT2D eigenvalue weighted by molar-refractivity contribution is 6.33. The van der Waals surface area contributed by atoms with E-state index in [4.69, 9.17) is 31.5 Å². The van der Waals surface area contributed by atoms with E-state index in [1.807, 2.05) is 4.90 Å². The Hall–Kier alpha value is -2.18. The third-order valence-corrected chi connectivity index (χ3v) is 6.18. The number of carbonyl (C=O) groups excluding carboxylic acids is 2. The number of nitrogens with two attached hydrogens (primary N) is 1. The summed E-state index contributed by atoms with van der Waals surface area (Å²) in [5.41, 5.74) is 5.89. The summed E-state index contributed by atoms with van der Waals surface area (Å²) in [6.45, 7) is 4.45. The van der Waals surface area contributed by atoms with Crippen LogP contribution in [0.4, 0.5) is 5.82 Å². The van der Waals surface area contributed by atoms with Gasteiger partial charge in [0.2, 0.25) is 5.88 Å². The van der Waals surface area contributed by atoms with Crippen molar-refractivity contribution in [1.29, 1.82) is 0 Å². The molecule has 2 fully saturated rings. The molecule has 2 saturated heterocycles. The number of nitrogens with one attached hydrogen (secondary N) is 3.